The Kier molecular flexibility index (Phi) is 5.29. The molecule has 5 nitrogen and oxygen atoms in total. The van der Waals surface area contributed by atoms with Crippen molar-refractivity contribution in [2.75, 3.05) is 23.8 Å². The van der Waals surface area contributed by atoms with Gasteiger partial charge in [0.2, 0.25) is 5.95 Å². The van der Waals surface area contributed by atoms with Crippen LogP contribution in [0.2, 0.25) is 5.02 Å². The molecule has 1 aromatic carbocycles. The Hall–Kier alpha value is -2.06. The SMILES string of the molecule is FC(F)(F)c1ccc(Cl)c(Nc2ccnc(NCC3CCCO3)n2)c1. The molecule has 25 heavy (non-hydrogen) atoms. The van der Waals surface area contributed by atoms with E-state index in [1.165, 1.54) is 12.3 Å². The molecule has 0 aliphatic carbocycles. The molecule has 2 aromatic rings. The summed E-state index contributed by atoms with van der Waals surface area (Å²) in [5.41, 5.74) is -0.662. The summed E-state index contributed by atoms with van der Waals surface area (Å²) in [5, 5.41) is 6.03. The minimum Gasteiger partial charge on any atom is -0.376 e. The highest BCUT2D eigenvalue weighted by Crippen LogP contribution is 2.34. The zero-order chi connectivity index (χ0) is 17.9. The van der Waals surface area contributed by atoms with E-state index in [0.29, 0.717) is 18.3 Å². The Bertz CT molecular complexity index is 736. The summed E-state index contributed by atoms with van der Waals surface area (Å²) in [7, 11) is 0. The number of anilines is 3. The van der Waals surface area contributed by atoms with Gasteiger partial charge in [-0.1, -0.05) is 11.6 Å². The third kappa shape index (κ3) is 4.73. The fourth-order valence-corrected chi connectivity index (χ4v) is 2.62. The van der Waals surface area contributed by atoms with Gasteiger partial charge in [0, 0.05) is 19.3 Å². The van der Waals surface area contributed by atoms with E-state index in [1.807, 2.05) is 0 Å². The van der Waals surface area contributed by atoms with Gasteiger partial charge in [0.1, 0.15) is 5.82 Å². The second kappa shape index (κ2) is 7.45. The van der Waals surface area contributed by atoms with Crippen LogP contribution in [0.4, 0.5) is 30.6 Å². The van der Waals surface area contributed by atoms with Crippen molar-refractivity contribution in [3.05, 3.63) is 41.0 Å². The molecule has 1 aliphatic rings. The average Bonchev–Trinajstić information content (AvgIpc) is 3.08. The van der Waals surface area contributed by atoms with Gasteiger partial charge in [-0.15, -0.1) is 0 Å². The standard InChI is InChI=1S/C16H16ClF3N4O/c17-12-4-3-10(16(18,19)20)8-13(12)23-14-5-6-21-15(24-14)22-9-11-2-1-7-25-11/h3-6,8,11H,1-2,7,9H2,(H2,21,22,23,24). The van der Waals surface area contributed by atoms with Crippen molar-refractivity contribution in [1.29, 1.82) is 0 Å². The van der Waals surface area contributed by atoms with E-state index in [4.69, 9.17) is 16.3 Å². The zero-order valence-corrected chi connectivity index (χ0v) is 13.9. The van der Waals surface area contributed by atoms with E-state index in [-0.39, 0.29) is 16.8 Å². The monoisotopic (exact) mass is 372 g/mol. The maximum absolute atomic E-state index is 12.8. The Labute approximate surface area is 147 Å². The predicted molar refractivity (Wildman–Crippen MR) is 89.2 cm³/mol. The number of rotatable bonds is 5. The number of aromatic nitrogens is 2. The molecule has 9 heteroatoms. The van der Waals surface area contributed by atoms with Gasteiger partial charge >= 0.3 is 6.18 Å². The molecule has 134 valence electrons. The van der Waals surface area contributed by atoms with Gasteiger partial charge in [0.15, 0.2) is 0 Å². The molecule has 0 spiro atoms. The summed E-state index contributed by atoms with van der Waals surface area (Å²) >= 11 is 5.98. The molecule has 1 aromatic heterocycles. The molecule has 1 fully saturated rings. The number of nitrogens with zero attached hydrogens (tertiary/aromatic N) is 2. The number of alkyl halides is 3. The lowest BCUT2D eigenvalue weighted by molar-refractivity contribution is -0.137. The fraction of sp³-hybridized carbons (Fsp3) is 0.375. The smallest absolute Gasteiger partial charge is 0.376 e. The molecule has 0 saturated carbocycles. The lowest BCUT2D eigenvalue weighted by atomic mass is 10.2. The second-order valence-electron chi connectivity index (χ2n) is 5.60. The van der Waals surface area contributed by atoms with Crippen molar-refractivity contribution in [3.8, 4) is 0 Å². The quantitative estimate of drug-likeness (QED) is 0.810. The van der Waals surface area contributed by atoms with Crippen LogP contribution in [0.1, 0.15) is 18.4 Å². The van der Waals surface area contributed by atoms with Crippen molar-refractivity contribution in [3.63, 3.8) is 0 Å². The van der Waals surface area contributed by atoms with Crippen LogP contribution >= 0.6 is 11.6 Å². The minimum absolute atomic E-state index is 0.123. The molecule has 1 unspecified atom stereocenters. The van der Waals surface area contributed by atoms with Crippen molar-refractivity contribution in [2.45, 2.75) is 25.1 Å². The van der Waals surface area contributed by atoms with Crippen LogP contribution in [0.15, 0.2) is 30.5 Å². The largest absolute Gasteiger partial charge is 0.416 e. The summed E-state index contributed by atoms with van der Waals surface area (Å²) in [4.78, 5) is 8.32. The van der Waals surface area contributed by atoms with Gasteiger partial charge in [0.25, 0.3) is 0 Å². The molecular weight excluding hydrogens is 357 g/mol. The number of hydrogen-bond acceptors (Lipinski definition) is 5. The van der Waals surface area contributed by atoms with Crippen LogP contribution in [0.5, 0.6) is 0 Å². The van der Waals surface area contributed by atoms with Crippen LogP contribution < -0.4 is 10.6 Å². The summed E-state index contributed by atoms with van der Waals surface area (Å²) < 4.78 is 44.0. The Morgan fingerprint density at radius 1 is 1.28 bits per heavy atom. The molecule has 1 atom stereocenters. The normalized spacial score (nSPS) is 17.5. The van der Waals surface area contributed by atoms with Gasteiger partial charge in [-0.2, -0.15) is 18.2 Å². The van der Waals surface area contributed by atoms with Crippen molar-refractivity contribution < 1.29 is 17.9 Å². The first-order chi connectivity index (χ1) is 11.9. The topological polar surface area (TPSA) is 59.1 Å². The van der Waals surface area contributed by atoms with E-state index in [0.717, 1.165) is 31.6 Å². The third-order valence-corrected chi connectivity index (χ3v) is 4.05. The average molecular weight is 373 g/mol. The second-order valence-corrected chi connectivity index (χ2v) is 6.01. The van der Waals surface area contributed by atoms with Crippen LogP contribution in [-0.2, 0) is 10.9 Å². The molecule has 3 rings (SSSR count). The molecular formula is C16H16ClF3N4O. The molecule has 0 radical (unpaired) electrons. The lowest BCUT2D eigenvalue weighted by Gasteiger charge is -2.13. The van der Waals surface area contributed by atoms with Crippen molar-refractivity contribution in [1.82, 2.24) is 9.97 Å². The van der Waals surface area contributed by atoms with E-state index in [9.17, 15) is 13.2 Å². The zero-order valence-electron chi connectivity index (χ0n) is 13.1. The fourth-order valence-electron chi connectivity index (χ4n) is 2.46. The highest BCUT2D eigenvalue weighted by atomic mass is 35.5. The van der Waals surface area contributed by atoms with E-state index in [1.54, 1.807) is 6.07 Å². The molecule has 1 saturated heterocycles. The number of nitrogens with one attached hydrogen (secondary N) is 2. The van der Waals surface area contributed by atoms with E-state index in [2.05, 4.69) is 20.6 Å². The number of benzene rings is 1. The number of hydrogen-bond donors (Lipinski definition) is 2. The summed E-state index contributed by atoms with van der Waals surface area (Å²) in [6.45, 7) is 1.33. The first kappa shape index (κ1) is 17.8. The first-order valence-electron chi connectivity index (χ1n) is 7.74. The van der Waals surface area contributed by atoms with Crippen LogP contribution in [0.3, 0.4) is 0 Å². The van der Waals surface area contributed by atoms with E-state index < -0.39 is 11.7 Å². The highest BCUT2D eigenvalue weighted by molar-refractivity contribution is 6.33. The third-order valence-electron chi connectivity index (χ3n) is 3.72. The molecule has 1 aliphatic heterocycles. The van der Waals surface area contributed by atoms with Gasteiger partial charge in [-0.3, -0.25) is 0 Å². The van der Waals surface area contributed by atoms with Crippen molar-refractivity contribution in [2.24, 2.45) is 0 Å². The molecule has 2 heterocycles. The minimum atomic E-state index is -4.44. The van der Waals surface area contributed by atoms with Crippen LogP contribution in [0, 0.1) is 0 Å². The maximum Gasteiger partial charge on any atom is 0.416 e. The lowest BCUT2D eigenvalue weighted by Crippen LogP contribution is -2.19. The number of ether oxygens (including phenoxy) is 1. The maximum atomic E-state index is 12.8. The first-order valence-corrected chi connectivity index (χ1v) is 8.12. The number of halogens is 4. The summed E-state index contributed by atoms with van der Waals surface area (Å²) in [6.07, 6.45) is -0.804. The summed E-state index contributed by atoms with van der Waals surface area (Å²) in [6, 6.07) is 4.63. The van der Waals surface area contributed by atoms with Gasteiger partial charge in [0.05, 0.1) is 22.4 Å². The summed E-state index contributed by atoms with van der Waals surface area (Å²) in [5.74, 6) is 0.703. The van der Waals surface area contributed by atoms with Crippen LogP contribution in [0.25, 0.3) is 0 Å². The molecule has 0 amide bonds. The van der Waals surface area contributed by atoms with Gasteiger partial charge < -0.3 is 15.4 Å². The highest BCUT2D eigenvalue weighted by Gasteiger charge is 2.31. The van der Waals surface area contributed by atoms with Crippen LogP contribution in [-0.4, -0.2) is 29.2 Å². The Morgan fingerprint density at radius 3 is 2.84 bits per heavy atom. The molecule has 2 N–H and O–H groups in total. The van der Waals surface area contributed by atoms with Gasteiger partial charge in [-0.25, -0.2) is 4.98 Å². The van der Waals surface area contributed by atoms with E-state index >= 15 is 0 Å². The van der Waals surface area contributed by atoms with Crippen molar-refractivity contribution >= 4 is 29.1 Å². The Morgan fingerprint density at radius 2 is 2.12 bits per heavy atom. The van der Waals surface area contributed by atoms with Gasteiger partial charge in [-0.05, 0) is 37.1 Å². The Balaban J connectivity index is 1.71. The predicted octanol–water partition coefficient (Wildman–Crippen LogP) is 4.48. The molecule has 0 bridgehead atoms.